The van der Waals surface area contributed by atoms with Crippen molar-refractivity contribution >= 4 is 17.3 Å². The molecule has 2 rings (SSSR count). The molecule has 20 heavy (non-hydrogen) atoms. The summed E-state index contributed by atoms with van der Waals surface area (Å²) >= 11 is 0. The van der Waals surface area contributed by atoms with Crippen molar-refractivity contribution in [2.45, 2.75) is 26.2 Å². The quantitative estimate of drug-likeness (QED) is 0.827. The number of halogens is 1. The van der Waals surface area contributed by atoms with Gasteiger partial charge < -0.3 is 15.6 Å². The minimum atomic E-state index is -0.523. The van der Waals surface area contributed by atoms with Gasteiger partial charge in [-0.2, -0.15) is 0 Å². The van der Waals surface area contributed by atoms with Gasteiger partial charge in [-0.05, 0) is 18.2 Å². The van der Waals surface area contributed by atoms with Gasteiger partial charge in [0.25, 0.3) is 5.91 Å². The van der Waals surface area contributed by atoms with Crippen molar-refractivity contribution in [1.29, 1.82) is 0 Å². The molecule has 0 aliphatic carbocycles. The van der Waals surface area contributed by atoms with Gasteiger partial charge in [0.05, 0.1) is 17.1 Å². The number of rotatable bonds is 2. The zero-order valence-corrected chi connectivity index (χ0v) is 11.5. The Hall–Kier alpha value is -2.37. The summed E-state index contributed by atoms with van der Waals surface area (Å²) < 4.78 is 18.1. The summed E-state index contributed by atoms with van der Waals surface area (Å²) in [6.45, 7) is 5.87. The number of nitrogen functional groups attached to an aromatic ring is 1. The number of carbonyl (C=O) groups is 1. The first-order valence-electron chi connectivity index (χ1n) is 6.11. The first kappa shape index (κ1) is 14.0. The molecule has 0 unspecified atom stereocenters. The van der Waals surface area contributed by atoms with E-state index >= 15 is 0 Å². The number of hydrogen-bond donors (Lipinski definition) is 2. The number of nitrogens with one attached hydrogen (secondary N) is 1. The number of nitrogens with two attached hydrogens (primary N) is 1. The monoisotopic (exact) mass is 277 g/mol. The third-order valence-electron chi connectivity index (χ3n) is 2.77. The SMILES string of the molecule is CC(C)(C)c1cc(C(=O)Nc2cc(F)ccc2N)on1. The number of aromatic nitrogens is 1. The van der Waals surface area contributed by atoms with Crippen molar-refractivity contribution < 1.29 is 13.7 Å². The molecule has 2 aromatic rings. The second-order valence-electron chi connectivity index (χ2n) is 5.51. The standard InChI is InChI=1S/C14H16FN3O2/c1-14(2,3)12-7-11(20-18-12)13(19)17-10-6-8(15)4-5-9(10)16/h4-7H,16H2,1-3H3,(H,17,19). The number of carbonyl (C=O) groups excluding carboxylic acids is 1. The lowest BCUT2D eigenvalue weighted by Gasteiger charge is -2.12. The molecule has 0 atom stereocenters. The van der Waals surface area contributed by atoms with Crippen molar-refractivity contribution in [3.05, 3.63) is 41.5 Å². The van der Waals surface area contributed by atoms with Crippen LogP contribution in [0.5, 0.6) is 0 Å². The van der Waals surface area contributed by atoms with E-state index in [4.69, 9.17) is 10.3 Å². The van der Waals surface area contributed by atoms with Gasteiger partial charge in [0.15, 0.2) is 0 Å². The Morgan fingerprint density at radius 3 is 2.65 bits per heavy atom. The Bertz CT molecular complexity index is 644. The lowest BCUT2D eigenvalue weighted by molar-refractivity contribution is 0.0987. The van der Waals surface area contributed by atoms with E-state index in [0.717, 1.165) is 6.07 Å². The third kappa shape index (κ3) is 2.96. The second kappa shape index (κ2) is 4.96. The highest BCUT2D eigenvalue weighted by Crippen LogP contribution is 2.23. The van der Waals surface area contributed by atoms with Crippen molar-refractivity contribution in [2.24, 2.45) is 0 Å². The lowest BCUT2D eigenvalue weighted by atomic mass is 9.92. The summed E-state index contributed by atoms with van der Waals surface area (Å²) in [5.41, 5.74) is 6.57. The van der Waals surface area contributed by atoms with Gasteiger partial charge in [0.1, 0.15) is 5.82 Å². The van der Waals surface area contributed by atoms with E-state index in [1.165, 1.54) is 12.1 Å². The Kier molecular flexibility index (Phi) is 3.48. The van der Waals surface area contributed by atoms with Crippen molar-refractivity contribution in [2.75, 3.05) is 11.1 Å². The molecule has 0 saturated heterocycles. The molecule has 1 heterocycles. The van der Waals surface area contributed by atoms with Gasteiger partial charge in [0, 0.05) is 11.5 Å². The molecule has 0 saturated carbocycles. The van der Waals surface area contributed by atoms with Gasteiger partial charge in [0.2, 0.25) is 5.76 Å². The maximum atomic E-state index is 13.1. The summed E-state index contributed by atoms with van der Waals surface area (Å²) in [6.07, 6.45) is 0. The predicted octanol–water partition coefficient (Wildman–Crippen LogP) is 2.95. The third-order valence-corrected chi connectivity index (χ3v) is 2.77. The minimum Gasteiger partial charge on any atom is -0.397 e. The molecule has 3 N–H and O–H groups in total. The first-order valence-corrected chi connectivity index (χ1v) is 6.11. The fourth-order valence-electron chi connectivity index (χ4n) is 1.56. The Morgan fingerprint density at radius 1 is 1.35 bits per heavy atom. The first-order chi connectivity index (χ1) is 9.27. The maximum Gasteiger partial charge on any atom is 0.294 e. The van der Waals surface area contributed by atoms with Crippen LogP contribution < -0.4 is 11.1 Å². The number of benzene rings is 1. The van der Waals surface area contributed by atoms with Crippen molar-refractivity contribution in [3.63, 3.8) is 0 Å². The molecule has 0 fully saturated rings. The van der Waals surface area contributed by atoms with Gasteiger partial charge in [-0.15, -0.1) is 0 Å². The highest BCUT2D eigenvalue weighted by molar-refractivity contribution is 6.03. The fraction of sp³-hybridized carbons (Fsp3) is 0.286. The van der Waals surface area contributed by atoms with Gasteiger partial charge in [-0.25, -0.2) is 4.39 Å². The average molecular weight is 277 g/mol. The summed E-state index contributed by atoms with van der Waals surface area (Å²) in [5.74, 6) is -0.952. The van der Waals surface area contributed by atoms with Crippen molar-refractivity contribution in [3.8, 4) is 0 Å². The zero-order valence-electron chi connectivity index (χ0n) is 11.5. The summed E-state index contributed by atoms with van der Waals surface area (Å²) in [7, 11) is 0. The van der Waals surface area contributed by atoms with Crippen LogP contribution in [0.3, 0.4) is 0 Å². The van der Waals surface area contributed by atoms with Crippen LogP contribution in [0.1, 0.15) is 37.0 Å². The van der Waals surface area contributed by atoms with E-state index in [1.54, 1.807) is 6.07 Å². The molecule has 1 aromatic carbocycles. The second-order valence-corrected chi connectivity index (χ2v) is 5.51. The van der Waals surface area contributed by atoms with Crippen LogP contribution in [0, 0.1) is 5.82 Å². The summed E-state index contributed by atoms with van der Waals surface area (Å²) in [4.78, 5) is 12.0. The molecule has 106 valence electrons. The van der Waals surface area contributed by atoms with Gasteiger partial charge in [-0.3, -0.25) is 4.79 Å². The highest BCUT2D eigenvalue weighted by atomic mass is 19.1. The molecule has 5 nitrogen and oxygen atoms in total. The Labute approximate surface area is 115 Å². The van der Waals surface area contributed by atoms with E-state index in [1.807, 2.05) is 20.8 Å². The number of anilines is 2. The van der Waals surface area contributed by atoms with E-state index < -0.39 is 11.7 Å². The lowest BCUT2D eigenvalue weighted by Crippen LogP contribution is -2.13. The van der Waals surface area contributed by atoms with Crippen LogP contribution in [-0.4, -0.2) is 11.1 Å². The molecule has 0 spiro atoms. The minimum absolute atomic E-state index is 0.0542. The Balaban J connectivity index is 2.20. The molecular formula is C14H16FN3O2. The van der Waals surface area contributed by atoms with E-state index in [0.29, 0.717) is 5.69 Å². The number of hydrogen-bond acceptors (Lipinski definition) is 4. The molecular weight excluding hydrogens is 261 g/mol. The van der Waals surface area contributed by atoms with Crippen LogP contribution in [-0.2, 0) is 5.41 Å². The largest absolute Gasteiger partial charge is 0.397 e. The summed E-state index contributed by atoms with van der Waals surface area (Å²) in [6, 6.07) is 5.31. The van der Waals surface area contributed by atoms with Crippen LogP contribution in [0.25, 0.3) is 0 Å². The van der Waals surface area contributed by atoms with Crippen LogP contribution in [0.2, 0.25) is 0 Å². The molecule has 0 bridgehead atoms. The Morgan fingerprint density at radius 2 is 2.05 bits per heavy atom. The summed E-state index contributed by atoms with van der Waals surface area (Å²) in [5, 5.41) is 6.34. The topological polar surface area (TPSA) is 81.2 Å². The fourth-order valence-corrected chi connectivity index (χ4v) is 1.56. The van der Waals surface area contributed by atoms with Gasteiger partial charge >= 0.3 is 0 Å². The van der Waals surface area contributed by atoms with E-state index in [2.05, 4.69) is 10.5 Å². The zero-order chi connectivity index (χ0) is 14.9. The average Bonchev–Trinajstić information content (AvgIpc) is 2.83. The smallest absolute Gasteiger partial charge is 0.294 e. The number of amides is 1. The van der Waals surface area contributed by atoms with Crippen LogP contribution >= 0.6 is 0 Å². The molecule has 1 amide bonds. The molecule has 0 aliphatic heterocycles. The van der Waals surface area contributed by atoms with Gasteiger partial charge in [-0.1, -0.05) is 25.9 Å². The molecule has 1 aromatic heterocycles. The highest BCUT2D eigenvalue weighted by Gasteiger charge is 2.22. The predicted molar refractivity (Wildman–Crippen MR) is 74.0 cm³/mol. The van der Waals surface area contributed by atoms with Crippen LogP contribution in [0.4, 0.5) is 15.8 Å². The van der Waals surface area contributed by atoms with Crippen LogP contribution in [0.15, 0.2) is 28.8 Å². The van der Waals surface area contributed by atoms with Crippen molar-refractivity contribution in [1.82, 2.24) is 5.16 Å². The van der Waals surface area contributed by atoms with E-state index in [-0.39, 0.29) is 22.6 Å². The molecule has 0 aliphatic rings. The normalized spacial score (nSPS) is 11.4. The molecule has 6 heteroatoms. The van der Waals surface area contributed by atoms with E-state index in [9.17, 15) is 9.18 Å². The molecule has 0 radical (unpaired) electrons. The maximum absolute atomic E-state index is 13.1. The number of nitrogens with zero attached hydrogens (tertiary/aromatic N) is 1.